The van der Waals surface area contributed by atoms with Crippen LogP contribution in [-0.4, -0.2) is 17.3 Å². The maximum atomic E-state index is 10.9. The van der Waals surface area contributed by atoms with Crippen LogP contribution in [0.3, 0.4) is 0 Å². The summed E-state index contributed by atoms with van der Waals surface area (Å²) in [7, 11) is 0. The fraction of sp³-hybridized carbons (Fsp3) is 0.444. The van der Waals surface area contributed by atoms with Crippen molar-refractivity contribution in [2.75, 3.05) is 6.26 Å². The Hall–Kier alpha value is -0.480. The minimum Gasteiger partial charge on any atom is -0.477 e. The van der Waals surface area contributed by atoms with E-state index in [-0.39, 0.29) is 0 Å². The van der Waals surface area contributed by atoms with Crippen LogP contribution in [0, 0.1) is 0 Å². The zero-order valence-corrected chi connectivity index (χ0v) is 8.93. The molecule has 0 radical (unpaired) electrons. The Kier molecular flexibility index (Phi) is 2.34. The van der Waals surface area contributed by atoms with Crippen molar-refractivity contribution in [3.05, 3.63) is 16.0 Å². The lowest BCUT2D eigenvalue weighted by atomic mass is 10.2. The Balaban J connectivity index is 2.54. The first-order valence-electron chi connectivity index (χ1n) is 4.16. The Morgan fingerprint density at radius 1 is 1.46 bits per heavy atom. The molecule has 1 aliphatic rings. The average Bonchev–Trinajstić information content (AvgIpc) is 2.61. The second kappa shape index (κ2) is 3.35. The molecule has 0 unspecified atom stereocenters. The van der Waals surface area contributed by atoms with Gasteiger partial charge in [-0.1, -0.05) is 0 Å². The number of carbonyl (C=O) groups is 1. The summed E-state index contributed by atoms with van der Waals surface area (Å²) in [5, 5.41) is 8.96. The van der Waals surface area contributed by atoms with Crippen molar-refractivity contribution < 1.29 is 9.90 Å². The molecule has 0 saturated carbocycles. The topological polar surface area (TPSA) is 37.3 Å². The summed E-state index contributed by atoms with van der Waals surface area (Å²) >= 11 is 3.10. The van der Waals surface area contributed by atoms with Crippen LogP contribution in [0.2, 0.25) is 0 Å². The number of carboxylic acids is 1. The van der Waals surface area contributed by atoms with E-state index in [9.17, 15) is 4.79 Å². The lowest BCUT2D eigenvalue weighted by Crippen LogP contribution is -1.95. The summed E-state index contributed by atoms with van der Waals surface area (Å²) in [4.78, 5) is 11.5. The molecule has 4 heteroatoms. The number of fused-ring (bicyclic) bond motifs is 1. The molecule has 0 saturated heterocycles. The Bertz CT molecular complexity index is 355. The third-order valence-corrected chi connectivity index (χ3v) is 4.74. The Morgan fingerprint density at radius 3 is 2.77 bits per heavy atom. The quantitative estimate of drug-likeness (QED) is 0.769. The molecule has 2 nitrogen and oxygen atoms in total. The van der Waals surface area contributed by atoms with Crippen LogP contribution in [-0.2, 0) is 12.8 Å². The van der Waals surface area contributed by atoms with Gasteiger partial charge in [0.15, 0.2) is 0 Å². The van der Waals surface area contributed by atoms with E-state index in [0.717, 1.165) is 24.8 Å². The lowest BCUT2D eigenvalue weighted by Gasteiger charge is -1.92. The molecule has 2 rings (SSSR count). The standard InChI is InChI=1S/C9H10O2S2/c1-12-9-6-4-2-3-5(6)7(13-9)8(10)11/h2-4H2,1H3,(H,10,11). The molecule has 0 spiro atoms. The molecule has 1 aromatic rings. The van der Waals surface area contributed by atoms with Gasteiger partial charge in [0.1, 0.15) is 4.88 Å². The van der Waals surface area contributed by atoms with E-state index in [1.54, 1.807) is 11.8 Å². The number of carboxylic acid groups (broad SMARTS) is 1. The van der Waals surface area contributed by atoms with Gasteiger partial charge < -0.3 is 5.11 Å². The first-order valence-corrected chi connectivity index (χ1v) is 6.20. The number of thioether (sulfide) groups is 1. The maximum Gasteiger partial charge on any atom is 0.346 e. The van der Waals surface area contributed by atoms with Gasteiger partial charge in [-0.05, 0) is 36.6 Å². The number of rotatable bonds is 2. The Labute approximate surface area is 85.0 Å². The van der Waals surface area contributed by atoms with Crippen LogP contribution in [0.1, 0.15) is 27.2 Å². The molecule has 1 aromatic heterocycles. The van der Waals surface area contributed by atoms with E-state index >= 15 is 0 Å². The summed E-state index contributed by atoms with van der Waals surface area (Å²) < 4.78 is 1.20. The van der Waals surface area contributed by atoms with Crippen molar-refractivity contribution in [3.63, 3.8) is 0 Å². The summed E-state index contributed by atoms with van der Waals surface area (Å²) in [6, 6.07) is 0. The summed E-state index contributed by atoms with van der Waals surface area (Å²) in [5.74, 6) is -0.761. The number of hydrogen-bond acceptors (Lipinski definition) is 3. The molecule has 70 valence electrons. The summed E-state index contributed by atoms with van der Waals surface area (Å²) in [5.41, 5.74) is 2.40. The lowest BCUT2D eigenvalue weighted by molar-refractivity contribution is 0.0701. The van der Waals surface area contributed by atoms with Gasteiger partial charge in [0.25, 0.3) is 0 Å². The minimum absolute atomic E-state index is 0.567. The number of hydrogen-bond donors (Lipinski definition) is 1. The van der Waals surface area contributed by atoms with Crippen molar-refractivity contribution in [2.24, 2.45) is 0 Å². The molecular weight excluding hydrogens is 204 g/mol. The van der Waals surface area contributed by atoms with Gasteiger partial charge in [0, 0.05) is 0 Å². The van der Waals surface area contributed by atoms with Crippen LogP contribution in [0.15, 0.2) is 4.21 Å². The van der Waals surface area contributed by atoms with Gasteiger partial charge in [-0.2, -0.15) is 0 Å². The van der Waals surface area contributed by atoms with Crippen LogP contribution in [0.4, 0.5) is 0 Å². The third kappa shape index (κ3) is 1.38. The predicted molar refractivity (Wildman–Crippen MR) is 55.1 cm³/mol. The van der Waals surface area contributed by atoms with Gasteiger partial charge in [0.2, 0.25) is 0 Å². The smallest absolute Gasteiger partial charge is 0.346 e. The summed E-state index contributed by atoms with van der Waals surface area (Å²) in [6.45, 7) is 0. The molecule has 1 aliphatic carbocycles. The van der Waals surface area contributed by atoms with Crippen molar-refractivity contribution >= 4 is 29.1 Å². The van der Waals surface area contributed by atoms with Crippen LogP contribution in [0.25, 0.3) is 0 Å². The van der Waals surface area contributed by atoms with Gasteiger partial charge in [0.05, 0.1) is 4.21 Å². The van der Waals surface area contributed by atoms with Crippen molar-refractivity contribution in [1.82, 2.24) is 0 Å². The van der Waals surface area contributed by atoms with Gasteiger partial charge in [-0.15, -0.1) is 23.1 Å². The van der Waals surface area contributed by atoms with Crippen LogP contribution in [0.5, 0.6) is 0 Å². The fourth-order valence-corrected chi connectivity index (χ4v) is 3.80. The first-order chi connectivity index (χ1) is 6.24. The highest BCUT2D eigenvalue weighted by molar-refractivity contribution is 8.00. The van der Waals surface area contributed by atoms with Gasteiger partial charge in [-0.3, -0.25) is 0 Å². The van der Waals surface area contributed by atoms with Crippen molar-refractivity contribution in [1.29, 1.82) is 0 Å². The second-order valence-corrected chi connectivity index (χ2v) is 5.13. The van der Waals surface area contributed by atoms with E-state index in [1.165, 1.54) is 21.1 Å². The summed E-state index contributed by atoms with van der Waals surface area (Å²) in [6.07, 6.45) is 5.14. The predicted octanol–water partition coefficient (Wildman–Crippen LogP) is 2.66. The Morgan fingerprint density at radius 2 is 2.15 bits per heavy atom. The molecule has 0 amide bonds. The molecule has 0 aliphatic heterocycles. The maximum absolute atomic E-state index is 10.9. The molecule has 0 aromatic carbocycles. The van der Waals surface area contributed by atoms with Crippen LogP contribution >= 0.6 is 23.1 Å². The van der Waals surface area contributed by atoms with E-state index in [2.05, 4.69) is 0 Å². The van der Waals surface area contributed by atoms with Crippen LogP contribution < -0.4 is 0 Å². The molecule has 1 heterocycles. The molecule has 1 N–H and O–H groups in total. The molecule has 0 fully saturated rings. The SMILES string of the molecule is CSc1sc(C(=O)O)c2c1CCC2. The molecule has 0 atom stereocenters. The number of aromatic carboxylic acids is 1. The minimum atomic E-state index is -0.761. The third-order valence-electron chi connectivity index (χ3n) is 2.31. The van der Waals surface area contributed by atoms with E-state index < -0.39 is 5.97 Å². The molecule has 13 heavy (non-hydrogen) atoms. The van der Waals surface area contributed by atoms with Crippen molar-refractivity contribution in [2.45, 2.75) is 23.5 Å². The van der Waals surface area contributed by atoms with E-state index in [0.29, 0.717) is 4.88 Å². The average molecular weight is 214 g/mol. The molecule has 0 bridgehead atoms. The van der Waals surface area contributed by atoms with E-state index in [1.807, 2.05) is 6.26 Å². The fourth-order valence-electron chi connectivity index (χ4n) is 1.77. The van der Waals surface area contributed by atoms with Gasteiger partial charge in [-0.25, -0.2) is 4.79 Å². The molecular formula is C9H10O2S2. The monoisotopic (exact) mass is 214 g/mol. The first kappa shape index (κ1) is 9.09. The van der Waals surface area contributed by atoms with Crippen molar-refractivity contribution in [3.8, 4) is 0 Å². The zero-order chi connectivity index (χ0) is 9.42. The van der Waals surface area contributed by atoms with Gasteiger partial charge >= 0.3 is 5.97 Å². The zero-order valence-electron chi connectivity index (χ0n) is 7.29. The second-order valence-electron chi connectivity index (χ2n) is 3.04. The highest BCUT2D eigenvalue weighted by Gasteiger charge is 2.25. The normalized spacial score (nSPS) is 14.5. The van der Waals surface area contributed by atoms with E-state index in [4.69, 9.17) is 5.11 Å². The highest BCUT2D eigenvalue weighted by Crippen LogP contribution is 2.40. The largest absolute Gasteiger partial charge is 0.477 e. The number of thiophene rings is 1. The highest BCUT2D eigenvalue weighted by atomic mass is 32.2.